The van der Waals surface area contributed by atoms with Crippen LogP contribution < -0.4 is 16.2 Å². The first-order valence-electron chi connectivity index (χ1n) is 5.50. The van der Waals surface area contributed by atoms with E-state index in [1.807, 2.05) is 0 Å². The van der Waals surface area contributed by atoms with Crippen molar-refractivity contribution in [1.82, 2.24) is 0 Å². The molecule has 0 amide bonds. The molecule has 0 heterocycles. The third kappa shape index (κ3) is 4.72. The first kappa shape index (κ1) is 14.0. The Morgan fingerprint density at radius 1 is 1.29 bits per heavy atom. The molecule has 6 heteroatoms. The number of hydrogen-bond donors (Lipinski definition) is 3. The highest BCUT2D eigenvalue weighted by atomic mass is 32.2. The zero-order valence-corrected chi connectivity index (χ0v) is 10.7. The van der Waals surface area contributed by atoms with Crippen molar-refractivity contribution in [1.29, 1.82) is 0 Å². The molecular formula is C11H19N3O2S. The zero-order valence-electron chi connectivity index (χ0n) is 9.89. The van der Waals surface area contributed by atoms with Gasteiger partial charge in [-0.2, -0.15) is 0 Å². The maximum Gasteiger partial charge on any atom is 0.238 e. The monoisotopic (exact) mass is 257 g/mol. The zero-order chi connectivity index (χ0) is 12.9. The van der Waals surface area contributed by atoms with E-state index in [2.05, 4.69) is 12.2 Å². The maximum absolute atomic E-state index is 11.0. The number of hydrogen-bond acceptors (Lipinski definition) is 4. The van der Waals surface area contributed by atoms with Crippen molar-refractivity contribution in [2.24, 2.45) is 16.8 Å². The lowest BCUT2D eigenvalue weighted by Crippen LogP contribution is -2.15. The number of primary sulfonamides is 1. The molecule has 5 nitrogen and oxygen atoms in total. The van der Waals surface area contributed by atoms with E-state index in [1.165, 1.54) is 12.1 Å². The van der Waals surface area contributed by atoms with Gasteiger partial charge in [-0.1, -0.05) is 6.92 Å². The minimum absolute atomic E-state index is 0.123. The summed E-state index contributed by atoms with van der Waals surface area (Å²) in [6, 6.07) is 6.39. The van der Waals surface area contributed by atoms with Crippen LogP contribution in [-0.2, 0) is 10.0 Å². The van der Waals surface area contributed by atoms with Crippen molar-refractivity contribution in [3.05, 3.63) is 24.3 Å². The largest absolute Gasteiger partial charge is 0.385 e. The van der Waals surface area contributed by atoms with Gasteiger partial charge in [-0.05, 0) is 43.1 Å². The molecule has 1 rings (SSSR count). The standard InChI is InChI=1S/C11H19N3O2S/c1-9(6-7-12)8-14-10-2-4-11(5-3-10)17(13,15)16/h2-5,9,14H,6-8,12H2,1H3,(H2,13,15,16). The summed E-state index contributed by atoms with van der Waals surface area (Å²) < 4.78 is 22.1. The highest BCUT2D eigenvalue weighted by molar-refractivity contribution is 7.89. The Labute approximate surface area is 102 Å². The van der Waals surface area contributed by atoms with Crippen LogP contribution in [0.1, 0.15) is 13.3 Å². The molecule has 0 fully saturated rings. The molecule has 0 saturated heterocycles. The predicted octanol–water partition coefficient (Wildman–Crippen LogP) is 0.731. The third-order valence-corrected chi connectivity index (χ3v) is 3.43. The lowest BCUT2D eigenvalue weighted by atomic mass is 10.1. The van der Waals surface area contributed by atoms with E-state index in [-0.39, 0.29) is 4.90 Å². The van der Waals surface area contributed by atoms with E-state index in [4.69, 9.17) is 10.9 Å². The highest BCUT2D eigenvalue weighted by Crippen LogP contribution is 2.13. The van der Waals surface area contributed by atoms with E-state index in [1.54, 1.807) is 12.1 Å². The summed E-state index contributed by atoms with van der Waals surface area (Å²) in [6.45, 7) is 3.59. The molecule has 0 bridgehead atoms. The van der Waals surface area contributed by atoms with Crippen LogP contribution in [-0.4, -0.2) is 21.5 Å². The second-order valence-electron chi connectivity index (χ2n) is 4.13. The average molecular weight is 257 g/mol. The van der Waals surface area contributed by atoms with Crippen molar-refractivity contribution in [3.63, 3.8) is 0 Å². The molecule has 17 heavy (non-hydrogen) atoms. The molecule has 1 aromatic rings. The Balaban J connectivity index is 2.57. The van der Waals surface area contributed by atoms with E-state index >= 15 is 0 Å². The van der Waals surface area contributed by atoms with Gasteiger partial charge in [0.25, 0.3) is 0 Å². The average Bonchev–Trinajstić information content (AvgIpc) is 2.26. The molecule has 0 spiro atoms. The van der Waals surface area contributed by atoms with Gasteiger partial charge in [0.1, 0.15) is 0 Å². The molecule has 0 saturated carbocycles. The fourth-order valence-electron chi connectivity index (χ4n) is 1.44. The summed E-state index contributed by atoms with van der Waals surface area (Å²) in [5.41, 5.74) is 6.33. The van der Waals surface area contributed by atoms with Gasteiger partial charge >= 0.3 is 0 Å². The van der Waals surface area contributed by atoms with Crippen LogP contribution >= 0.6 is 0 Å². The van der Waals surface area contributed by atoms with E-state index in [0.717, 1.165) is 18.7 Å². The number of sulfonamides is 1. The lowest BCUT2D eigenvalue weighted by molar-refractivity contribution is 0.568. The van der Waals surface area contributed by atoms with E-state index in [9.17, 15) is 8.42 Å². The Morgan fingerprint density at radius 3 is 2.35 bits per heavy atom. The van der Waals surface area contributed by atoms with Crippen LogP contribution in [0.5, 0.6) is 0 Å². The number of anilines is 1. The molecule has 1 aromatic carbocycles. The first-order chi connectivity index (χ1) is 7.93. The van der Waals surface area contributed by atoms with Crippen molar-refractivity contribution in [3.8, 4) is 0 Å². The van der Waals surface area contributed by atoms with Crippen LogP contribution in [0, 0.1) is 5.92 Å². The Hall–Kier alpha value is -1.11. The Kier molecular flexibility index (Phi) is 4.92. The summed E-state index contributed by atoms with van der Waals surface area (Å²) >= 11 is 0. The number of rotatable bonds is 6. The molecular weight excluding hydrogens is 238 g/mol. The second kappa shape index (κ2) is 6.00. The topological polar surface area (TPSA) is 98.2 Å². The molecule has 96 valence electrons. The van der Waals surface area contributed by atoms with Gasteiger partial charge in [-0.3, -0.25) is 0 Å². The second-order valence-corrected chi connectivity index (χ2v) is 5.69. The number of benzene rings is 1. The van der Waals surface area contributed by atoms with Crippen molar-refractivity contribution in [2.45, 2.75) is 18.2 Å². The van der Waals surface area contributed by atoms with Crippen LogP contribution in [0.4, 0.5) is 5.69 Å². The van der Waals surface area contributed by atoms with E-state index < -0.39 is 10.0 Å². The fourth-order valence-corrected chi connectivity index (χ4v) is 1.96. The van der Waals surface area contributed by atoms with Gasteiger partial charge in [0.05, 0.1) is 4.90 Å². The van der Waals surface area contributed by atoms with Crippen LogP contribution in [0.15, 0.2) is 29.2 Å². The molecule has 0 aromatic heterocycles. The molecule has 5 N–H and O–H groups in total. The van der Waals surface area contributed by atoms with Crippen LogP contribution in [0.2, 0.25) is 0 Å². The molecule has 0 aliphatic rings. The summed E-state index contributed by atoms with van der Waals surface area (Å²) in [6.07, 6.45) is 0.961. The summed E-state index contributed by atoms with van der Waals surface area (Å²) in [5.74, 6) is 0.484. The third-order valence-electron chi connectivity index (χ3n) is 2.50. The predicted molar refractivity (Wildman–Crippen MR) is 69.1 cm³/mol. The molecule has 1 unspecified atom stereocenters. The molecule has 0 aliphatic carbocycles. The SMILES string of the molecule is CC(CCN)CNc1ccc(S(N)(=O)=O)cc1. The smallest absolute Gasteiger partial charge is 0.238 e. The Morgan fingerprint density at radius 2 is 1.88 bits per heavy atom. The van der Waals surface area contributed by atoms with Gasteiger partial charge in [-0.15, -0.1) is 0 Å². The number of nitrogens with two attached hydrogens (primary N) is 2. The normalized spacial score (nSPS) is 13.4. The molecule has 1 atom stereocenters. The van der Waals surface area contributed by atoms with Gasteiger partial charge in [0, 0.05) is 12.2 Å². The number of nitrogens with one attached hydrogen (secondary N) is 1. The highest BCUT2D eigenvalue weighted by Gasteiger charge is 2.06. The van der Waals surface area contributed by atoms with Gasteiger partial charge in [0.15, 0.2) is 0 Å². The minimum Gasteiger partial charge on any atom is -0.385 e. The van der Waals surface area contributed by atoms with Crippen molar-refractivity contribution < 1.29 is 8.42 Å². The van der Waals surface area contributed by atoms with Crippen molar-refractivity contribution >= 4 is 15.7 Å². The summed E-state index contributed by atoms with van der Waals surface area (Å²) in [5, 5.41) is 8.22. The quantitative estimate of drug-likeness (QED) is 0.699. The minimum atomic E-state index is -3.60. The lowest BCUT2D eigenvalue weighted by Gasteiger charge is -2.12. The van der Waals surface area contributed by atoms with Gasteiger partial charge in [0.2, 0.25) is 10.0 Å². The molecule has 0 aliphatic heterocycles. The van der Waals surface area contributed by atoms with Crippen LogP contribution in [0.3, 0.4) is 0 Å². The maximum atomic E-state index is 11.0. The molecule has 0 radical (unpaired) electrons. The Bertz CT molecular complexity index is 442. The van der Waals surface area contributed by atoms with E-state index in [0.29, 0.717) is 12.5 Å². The summed E-state index contributed by atoms with van der Waals surface area (Å²) in [4.78, 5) is 0.123. The van der Waals surface area contributed by atoms with Gasteiger partial charge < -0.3 is 11.1 Å². The van der Waals surface area contributed by atoms with Crippen LogP contribution in [0.25, 0.3) is 0 Å². The van der Waals surface area contributed by atoms with Gasteiger partial charge in [-0.25, -0.2) is 13.6 Å². The summed E-state index contributed by atoms with van der Waals surface area (Å²) in [7, 11) is -3.60. The van der Waals surface area contributed by atoms with Crippen molar-refractivity contribution in [2.75, 3.05) is 18.4 Å². The first-order valence-corrected chi connectivity index (χ1v) is 7.05. The fraction of sp³-hybridized carbons (Fsp3) is 0.455.